The highest BCUT2D eigenvalue weighted by molar-refractivity contribution is 7.89. The average Bonchev–Trinajstić information content (AvgIpc) is 2.76. The van der Waals surface area contributed by atoms with Crippen LogP contribution in [-0.4, -0.2) is 31.4 Å². The van der Waals surface area contributed by atoms with Crippen LogP contribution in [0.3, 0.4) is 0 Å². The molecule has 0 aromatic heterocycles. The topological polar surface area (TPSA) is 78.8 Å². The molecule has 0 fully saturated rings. The van der Waals surface area contributed by atoms with Crippen molar-refractivity contribution in [1.29, 1.82) is 0 Å². The molecule has 0 aliphatic carbocycles. The van der Waals surface area contributed by atoms with Gasteiger partial charge in [-0.2, -0.15) is 9.41 Å². The molecule has 0 unspecified atom stereocenters. The molecule has 3 aromatic rings. The molecule has 0 heterocycles. The Bertz CT molecular complexity index is 1330. The fourth-order valence-electron chi connectivity index (χ4n) is 3.82. The zero-order chi connectivity index (χ0) is 25.8. The Balaban J connectivity index is 1.89. The molecule has 6 nitrogen and oxygen atoms in total. The quantitative estimate of drug-likeness (QED) is 0.336. The summed E-state index contributed by atoms with van der Waals surface area (Å²) in [6.45, 7) is 6.81. The highest BCUT2D eigenvalue weighted by atomic mass is 35.5. The van der Waals surface area contributed by atoms with Crippen LogP contribution in [0.5, 0.6) is 0 Å². The predicted molar refractivity (Wildman–Crippen MR) is 137 cm³/mol. The first-order chi connectivity index (χ1) is 16.5. The van der Waals surface area contributed by atoms with E-state index in [9.17, 15) is 17.6 Å². The highest BCUT2D eigenvalue weighted by Crippen LogP contribution is 2.26. The van der Waals surface area contributed by atoms with Crippen LogP contribution in [0, 0.1) is 33.5 Å². The minimum absolute atomic E-state index is 0.00829. The van der Waals surface area contributed by atoms with E-state index >= 15 is 0 Å². The maximum Gasteiger partial charge on any atom is 0.255 e. The van der Waals surface area contributed by atoms with E-state index in [1.165, 1.54) is 18.2 Å². The number of sulfonamides is 1. The summed E-state index contributed by atoms with van der Waals surface area (Å²) >= 11 is 5.97. The van der Waals surface area contributed by atoms with Gasteiger partial charge in [0, 0.05) is 12.1 Å². The smallest absolute Gasteiger partial charge is 0.255 e. The number of nitrogens with zero attached hydrogens (tertiary/aromatic N) is 2. The van der Waals surface area contributed by atoms with E-state index in [4.69, 9.17) is 11.6 Å². The lowest BCUT2D eigenvalue weighted by Crippen LogP contribution is -2.39. The number of rotatable bonds is 8. The SMILES string of the molecule is Cc1ccc(CN(CC(=O)N/N=C/c2c(F)cccc2Cl)S(=O)(=O)c2c(C)cc(C)cc2C)cc1. The zero-order valence-corrected chi connectivity index (χ0v) is 21.5. The van der Waals surface area contributed by atoms with Gasteiger partial charge in [-0.3, -0.25) is 4.79 Å². The number of hydrogen-bond acceptors (Lipinski definition) is 4. The molecular weight excluding hydrogens is 489 g/mol. The Kier molecular flexibility index (Phi) is 8.43. The van der Waals surface area contributed by atoms with Crippen molar-refractivity contribution in [3.8, 4) is 0 Å². The van der Waals surface area contributed by atoms with E-state index in [1.807, 2.05) is 38.1 Å². The second kappa shape index (κ2) is 11.1. The van der Waals surface area contributed by atoms with Crippen LogP contribution in [0.4, 0.5) is 4.39 Å². The molecule has 0 spiro atoms. The van der Waals surface area contributed by atoms with E-state index in [1.54, 1.807) is 26.0 Å². The van der Waals surface area contributed by atoms with Gasteiger partial charge in [0.15, 0.2) is 0 Å². The predicted octanol–water partition coefficient (Wildman–Crippen LogP) is 5.05. The van der Waals surface area contributed by atoms with Gasteiger partial charge in [-0.25, -0.2) is 18.2 Å². The van der Waals surface area contributed by atoms with Crippen LogP contribution in [0.25, 0.3) is 0 Å². The van der Waals surface area contributed by atoms with E-state index in [0.717, 1.165) is 27.2 Å². The molecule has 0 radical (unpaired) electrons. The average molecular weight is 516 g/mol. The lowest BCUT2D eigenvalue weighted by Gasteiger charge is -2.24. The monoisotopic (exact) mass is 515 g/mol. The summed E-state index contributed by atoms with van der Waals surface area (Å²) in [6.07, 6.45) is 1.09. The van der Waals surface area contributed by atoms with Gasteiger partial charge in [0.25, 0.3) is 5.91 Å². The number of carbonyl (C=O) groups excluding carboxylic acids is 1. The molecule has 0 bridgehead atoms. The Morgan fingerprint density at radius 3 is 2.26 bits per heavy atom. The number of hydrazone groups is 1. The molecule has 0 saturated carbocycles. The highest BCUT2D eigenvalue weighted by Gasteiger charge is 2.30. The standard InChI is InChI=1S/C26H27ClFN3O3S/c1-17-8-10-21(11-9-17)15-31(35(33,34)26-19(3)12-18(2)13-20(26)4)16-25(32)30-29-14-22-23(27)6-5-7-24(22)28/h5-14H,15-16H2,1-4H3,(H,30,32)/b29-14+. The van der Waals surface area contributed by atoms with Gasteiger partial charge in [-0.15, -0.1) is 0 Å². The number of carbonyl (C=O) groups is 1. The summed E-state index contributed by atoms with van der Waals surface area (Å²) in [5.74, 6) is -1.27. The number of aryl methyl sites for hydroxylation is 4. The van der Waals surface area contributed by atoms with Gasteiger partial charge < -0.3 is 0 Å². The van der Waals surface area contributed by atoms with Gasteiger partial charge in [0.2, 0.25) is 10.0 Å². The summed E-state index contributed by atoms with van der Waals surface area (Å²) in [7, 11) is -4.03. The Morgan fingerprint density at radius 1 is 1.03 bits per heavy atom. The molecule has 3 aromatic carbocycles. The van der Waals surface area contributed by atoms with E-state index < -0.39 is 28.3 Å². The lowest BCUT2D eigenvalue weighted by atomic mass is 10.1. The molecular formula is C26H27ClFN3O3S. The minimum atomic E-state index is -4.03. The first-order valence-electron chi connectivity index (χ1n) is 10.9. The van der Waals surface area contributed by atoms with Crippen LogP contribution < -0.4 is 5.43 Å². The van der Waals surface area contributed by atoms with Crippen molar-refractivity contribution in [3.05, 3.63) is 98.8 Å². The molecule has 1 amide bonds. The summed E-state index contributed by atoms with van der Waals surface area (Å²) in [5.41, 5.74) is 6.21. The third-order valence-electron chi connectivity index (χ3n) is 5.38. The molecule has 3 rings (SSSR count). The molecule has 1 N–H and O–H groups in total. The number of halogens is 2. The fourth-order valence-corrected chi connectivity index (χ4v) is 5.83. The first-order valence-corrected chi connectivity index (χ1v) is 12.7. The fraction of sp³-hybridized carbons (Fsp3) is 0.231. The van der Waals surface area contributed by atoms with Gasteiger partial charge in [-0.05, 0) is 56.5 Å². The van der Waals surface area contributed by atoms with Crippen LogP contribution in [0.1, 0.15) is 33.4 Å². The maximum absolute atomic E-state index is 13.9. The molecule has 0 atom stereocenters. The van der Waals surface area contributed by atoms with Crippen LogP contribution in [-0.2, 0) is 21.4 Å². The third-order valence-corrected chi connectivity index (χ3v) is 7.81. The number of amides is 1. The van der Waals surface area contributed by atoms with E-state index in [2.05, 4.69) is 10.5 Å². The van der Waals surface area contributed by atoms with Gasteiger partial charge in [0.1, 0.15) is 5.82 Å². The largest absolute Gasteiger partial charge is 0.272 e. The van der Waals surface area contributed by atoms with Gasteiger partial charge >= 0.3 is 0 Å². The van der Waals surface area contributed by atoms with E-state index in [0.29, 0.717) is 11.1 Å². The van der Waals surface area contributed by atoms with Gasteiger partial charge in [-0.1, -0.05) is 65.2 Å². The summed E-state index contributed by atoms with van der Waals surface area (Å²) in [6, 6.07) is 15.2. The van der Waals surface area contributed by atoms with Crippen molar-refractivity contribution >= 4 is 33.7 Å². The summed E-state index contributed by atoms with van der Waals surface area (Å²) in [4.78, 5) is 12.9. The van der Waals surface area contributed by atoms with Crippen molar-refractivity contribution in [2.45, 2.75) is 39.1 Å². The molecule has 35 heavy (non-hydrogen) atoms. The lowest BCUT2D eigenvalue weighted by molar-refractivity contribution is -0.121. The Morgan fingerprint density at radius 2 is 1.66 bits per heavy atom. The molecule has 0 saturated heterocycles. The number of hydrogen-bond donors (Lipinski definition) is 1. The Hall–Kier alpha value is -3.07. The number of benzene rings is 3. The minimum Gasteiger partial charge on any atom is -0.272 e. The van der Waals surface area contributed by atoms with Gasteiger partial charge in [0.05, 0.1) is 22.7 Å². The number of nitrogens with one attached hydrogen (secondary N) is 1. The van der Waals surface area contributed by atoms with Crippen LogP contribution in [0.15, 0.2) is 64.6 Å². The summed E-state index contributed by atoms with van der Waals surface area (Å²) in [5, 5.41) is 3.90. The first kappa shape index (κ1) is 26.5. The van der Waals surface area contributed by atoms with Crippen LogP contribution in [0.2, 0.25) is 5.02 Å². The van der Waals surface area contributed by atoms with Crippen molar-refractivity contribution in [3.63, 3.8) is 0 Å². The third kappa shape index (κ3) is 6.54. The molecule has 0 aliphatic heterocycles. The zero-order valence-electron chi connectivity index (χ0n) is 20.0. The maximum atomic E-state index is 13.9. The molecule has 0 aliphatic rings. The molecule has 184 valence electrons. The van der Waals surface area contributed by atoms with E-state index in [-0.39, 0.29) is 22.0 Å². The van der Waals surface area contributed by atoms with Crippen molar-refractivity contribution in [2.24, 2.45) is 5.10 Å². The van der Waals surface area contributed by atoms with Crippen molar-refractivity contribution in [1.82, 2.24) is 9.73 Å². The Labute approximate surface area is 210 Å². The molecule has 9 heteroatoms. The summed E-state index contributed by atoms with van der Waals surface area (Å²) < 4.78 is 42.5. The second-order valence-corrected chi connectivity index (χ2v) is 10.7. The normalized spacial score (nSPS) is 11.9. The second-order valence-electron chi connectivity index (χ2n) is 8.42. The van der Waals surface area contributed by atoms with Crippen molar-refractivity contribution < 1.29 is 17.6 Å². The van der Waals surface area contributed by atoms with Crippen molar-refractivity contribution in [2.75, 3.05) is 6.54 Å². The van der Waals surface area contributed by atoms with Crippen LogP contribution >= 0.6 is 11.6 Å².